The minimum absolute atomic E-state index is 0.0809. The van der Waals surface area contributed by atoms with Crippen molar-refractivity contribution in [3.8, 4) is 0 Å². The third-order valence-electron chi connectivity index (χ3n) is 5.19. The van der Waals surface area contributed by atoms with Crippen LogP contribution in [0.25, 0.3) is 21.8 Å². The molecule has 30 heavy (non-hydrogen) atoms. The number of aromatic amines is 1. The number of benzene rings is 2. The van der Waals surface area contributed by atoms with Crippen LogP contribution in [0.1, 0.15) is 41.3 Å². The van der Waals surface area contributed by atoms with E-state index in [2.05, 4.69) is 15.0 Å². The molecule has 2 aromatic heterocycles. The lowest BCUT2D eigenvalue weighted by Gasteiger charge is -2.27. The number of amides is 1. The van der Waals surface area contributed by atoms with E-state index in [1.165, 1.54) is 0 Å². The summed E-state index contributed by atoms with van der Waals surface area (Å²) in [6.45, 7) is 8.01. The topological polar surface area (TPSA) is 79.0 Å². The number of pyridine rings is 1. The van der Waals surface area contributed by atoms with Gasteiger partial charge in [-0.3, -0.25) is 14.6 Å². The highest BCUT2D eigenvalue weighted by molar-refractivity contribution is 6.06. The minimum Gasteiger partial charge on any atom is -0.329 e. The van der Waals surface area contributed by atoms with Crippen LogP contribution < -0.4 is 5.56 Å². The predicted molar refractivity (Wildman–Crippen MR) is 119 cm³/mol. The van der Waals surface area contributed by atoms with Crippen LogP contribution >= 0.6 is 0 Å². The van der Waals surface area contributed by atoms with E-state index in [4.69, 9.17) is 0 Å². The summed E-state index contributed by atoms with van der Waals surface area (Å²) >= 11 is 0. The zero-order valence-electron chi connectivity index (χ0n) is 17.6. The SMILES string of the molecule is Cc1ccc2nc(C)cc(C(=O)N(Cc3nc4ccccc4c(=O)[nH]3)C(C)C)c2c1. The molecule has 0 bridgehead atoms. The molecule has 0 aliphatic rings. The number of nitrogens with zero attached hydrogens (tertiary/aromatic N) is 3. The lowest BCUT2D eigenvalue weighted by molar-refractivity contribution is 0.0687. The third-order valence-corrected chi connectivity index (χ3v) is 5.19. The van der Waals surface area contributed by atoms with Crippen molar-refractivity contribution in [2.45, 2.75) is 40.3 Å². The van der Waals surface area contributed by atoms with Crippen LogP contribution in [0.2, 0.25) is 0 Å². The molecule has 6 nitrogen and oxygen atoms in total. The Hall–Kier alpha value is -3.54. The molecule has 0 aliphatic heterocycles. The Morgan fingerprint density at radius 1 is 1.00 bits per heavy atom. The van der Waals surface area contributed by atoms with Gasteiger partial charge in [-0.25, -0.2) is 4.98 Å². The molecule has 2 heterocycles. The Morgan fingerprint density at radius 3 is 2.50 bits per heavy atom. The predicted octanol–water partition coefficient (Wildman–Crippen LogP) is 4.14. The van der Waals surface area contributed by atoms with Gasteiger partial charge in [-0.1, -0.05) is 23.8 Å². The first-order chi connectivity index (χ1) is 14.3. The normalized spacial score (nSPS) is 11.4. The van der Waals surface area contributed by atoms with Crippen LogP contribution in [0, 0.1) is 13.8 Å². The quantitative estimate of drug-likeness (QED) is 0.558. The Balaban J connectivity index is 1.77. The van der Waals surface area contributed by atoms with Crippen molar-refractivity contribution in [1.82, 2.24) is 19.9 Å². The van der Waals surface area contributed by atoms with Crippen molar-refractivity contribution in [2.75, 3.05) is 0 Å². The molecule has 0 aliphatic carbocycles. The van der Waals surface area contributed by atoms with Crippen LogP contribution in [-0.4, -0.2) is 31.8 Å². The lowest BCUT2D eigenvalue weighted by atomic mass is 10.0. The Bertz CT molecular complexity index is 1320. The van der Waals surface area contributed by atoms with E-state index in [-0.39, 0.29) is 24.1 Å². The summed E-state index contributed by atoms with van der Waals surface area (Å²) in [5.41, 5.74) is 3.68. The van der Waals surface area contributed by atoms with Gasteiger partial charge in [-0.15, -0.1) is 0 Å². The second-order valence-electron chi connectivity index (χ2n) is 7.89. The third kappa shape index (κ3) is 3.68. The van der Waals surface area contributed by atoms with E-state index < -0.39 is 0 Å². The van der Waals surface area contributed by atoms with E-state index >= 15 is 0 Å². The summed E-state index contributed by atoms with van der Waals surface area (Å²) in [5, 5.41) is 1.37. The highest BCUT2D eigenvalue weighted by atomic mass is 16.2. The Kier molecular flexibility index (Phi) is 5.08. The summed E-state index contributed by atoms with van der Waals surface area (Å²) in [5.74, 6) is 0.355. The van der Waals surface area contributed by atoms with E-state index in [0.29, 0.717) is 22.3 Å². The number of rotatable bonds is 4. The van der Waals surface area contributed by atoms with Crippen LogP contribution in [0.15, 0.2) is 53.3 Å². The molecule has 1 amide bonds. The summed E-state index contributed by atoms with van der Waals surface area (Å²) in [6.07, 6.45) is 0. The average Bonchev–Trinajstić information content (AvgIpc) is 2.71. The second kappa shape index (κ2) is 7.71. The maximum atomic E-state index is 13.6. The van der Waals surface area contributed by atoms with E-state index in [1.807, 2.05) is 64.1 Å². The molecule has 0 spiro atoms. The van der Waals surface area contributed by atoms with Gasteiger partial charge in [0.2, 0.25) is 0 Å². The molecular formula is C24H24N4O2. The standard InChI is InChI=1S/C24H24N4O2/c1-14(2)28(13-22-26-20-8-6-5-7-17(20)23(29)27-22)24(30)19-12-16(4)25-21-10-9-15(3)11-18(19)21/h5-12,14H,13H2,1-4H3,(H,26,27,29). The molecule has 6 heteroatoms. The van der Waals surface area contributed by atoms with Gasteiger partial charge in [-0.2, -0.15) is 0 Å². The van der Waals surface area contributed by atoms with Gasteiger partial charge in [-0.05, 0) is 58.0 Å². The zero-order chi connectivity index (χ0) is 21.4. The molecule has 0 saturated carbocycles. The number of hydrogen-bond donors (Lipinski definition) is 1. The number of aromatic nitrogens is 3. The molecule has 0 saturated heterocycles. The Labute approximate surface area is 174 Å². The maximum Gasteiger partial charge on any atom is 0.258 e. The highest BCUT2D eigenvalue weighted by Gasteiger charge is 2.23. The number of para-hydroxylation sites is 1. The van der Waals surface area contributed by atoms with Crippen molar-refractivity contribution >= 4 is 27.7 Å². The molecule has 1 N–H and O–H groups in total. The van der Waals surface area contributed by atoms with Gasteiger partial charge in [0.25, 0.3) is 11.5 Å². The summed E-state index contributed by atoms with van der Waals surface area (Å²) in [4.78, 5) is 39.7. The van der Waals surface area contributed by atoms with Crippen LogP contribution in [-0.2, 0) is 6.54 Å². The van der Waals surface area contributed by atoms with Crippen LogP contribution in [0.4, 0.5) is 0 Å². The highest BCUT2D eigenvalue weighted by Crippen LogP contribution is 2.23. The fourth-order valence-electron chi connectivity index (χ4n) is 3.66. The molecule has 4 rings (SSSR count). The molecule has 0 atom stereocenters. The fourth-order valence-corrected chi connectivity index (χ4v) is 3.66. The minimum atomic E-state index is -0.201. The largest absolute Gasteiger partial charge is 0.329 e. The summed E-state index contributed by atoms with van der Waals surface area (Å²) in [6, 6.07) is 14.9. The second-order valence-corrected chi connectivity index (χ2v) is 7.89. The van der Waals surface area contributed by atoms with Crippen LogP contribution in [0.5, 0.6) is 0 Å². The smallest absolute Gasteiger partial charge is 0.258 e. The number of nitrogens with one attached hydrogen (secondary N) is 1. The molecule has 0 unspecified atom stereocenters. The van der Waals surface area contributed by atoms with Crippen LogP contribution in [0.3, 0.4) is 0 Å². The van der Waals surface area contributed by atoms with Gasteiger partial charge in [0.15, 0.2) is 0 Å². The molecule has 0 fully saturated rings. The van der Waals surface area contributed by atoms with Crippen molar-refractivity contribution in [2.24, 2.45) is 0 Å². The Morgan fingerprint density at radius 2 is 1.73 bits per heavy atom. The van der Waals surface area contributed by atoms with E-state index in [1.54, 1.807) is 17.0 Å². The lowest BCUT2D eigenvalue weighted by Crippen LogP contribution is -2.37. The number of H-pyrrole nitrogens is 1. The number of fused-ring (bicyclic) bond motifs is 2. The molecule has 0 radical (unpaired) electrons. The first kappa shape index (κ1) is 19.8. The molecular weight excluding hydrogens is 376 g/mol. The average molecular weight is 400 g/mol. The maximum absolute atomic E-state index is 13.6. The monoisotopic (exact) mass is 400 g/mol. The summed E-state index contributed by atoms with van der Waals surface area (Å²) < 4.78 is 0. The summed E-state index contributed by atoms with van der Waals surface area (Å²) in [7, 11) is 0. The van der Waals surface area contributed by atoms with E-state index in [9.17, 15) is 9.59 Å². The molecule has 2 aromatic carbocycles. The van der Waals surface area contributed by atoms with Gasteiger partial charge >= 0.3 is 0 Å². The number of aryl methyl sites for hydroxylation is 2. The number of hydrogen-bond acceptors (Lipinski definition) is 4. The van der Waals surface area contributed by atoms with Gasteiger partial charge in [0, 0.05) is 17.1 Å². The van der Waals surface area contributed by atoms with Crippen molar-refractivity contribution in [1.29, 1.82) is 0 Å². The first-order valence-corrected chi connectivity index (χ1v) is 10.0. The van der Waals surface area contributed by atoms with Gasteiger partial charge < -0.3 is 9.88 Å². The molecule has 4 aromatic rings. The van der Waals surface area contributed by atoms with Gasteiger partial charge in [0.1, 0.15) is 5.82 Å². The fraction of sp³-hybridized carbons (Fsp3) is 0.250. The van der Waals surface area contributed by atoms with Gasteiger partial charge in [0.05, 0.1) is 28.5 Å². The van der Waals surface area contributed by atoms with Crippen molar-refractivity contribution in [3.05, 3.63) is 81.5 Å². The zero-order valence-corrected chi connectivity index (χ0v) is 17.6. The van der Waals surface area contributed by atoms with Crippen molar-refractivity contribution < 1.29 is 4.79 Å². The van der Waals surface area contributed by atoms with Crippen molar-refractivity contribution in [3.63, 3.8) is 0 Å². The molecule has 152 valence electrons. The first-order valence-electron chi connectivity index (χ1n) is 10.0. The number of carbonyl (C=O) groups is 1. The van der Waals surface area contributed by atoms with E-state index in [0.717, 1.165) is 22.2 Å². The number of carbonyl (C=O) groups excluding carboxylic acids is 1.